The van der Waals surface area contributed by atoms with Crippen LogP contribution < -0.4 is 10.6 Å². The van der Waals surface area contributed by atoms with Crippen LogP contribution in [-0.4, -0.2) is 12.5 Å². The molecule has 0 aliphatic heterocycles. The van der Waals surface area contributed by atoms with E-state index in [1.165, 1.54) is 17.3 Å². The van der Waals surface area contributed by atoms with E-state index in [9.17, 15) is 4.79 Å². The van der Waals surface area contributed by atoms with Crippen LogP contribution in [0.25, 0.3) is 0 Å². The first-order valence-electron chi connectivity index (χ1n) is 8.00. The van der Waals surface area contributed by atoms with Crippen molar-refractivity contribution < 1.29 is 4.79 Å². The van der Waals surface area contributed by atoms with Gasteiger partial charge >= 0.3 is 0 Å². The molecule has 0 aliphatic carbocycles. The number of amides is 1. The van der Waals surface area contributed by atoms with Gasteiger partial charge in [-0.3, -0.25) is 4.79 Å². The molecule has 0 unspecified atom stereocenters. The molecule has 1 amide bonds. The van der Waals surface area contributed by atoms with Crippen molar-refractivity contribution in [3.63, 3.8) is 0 Å². The SMILES string of the molecule is Cc1ccc(CCN/C=C(/C#N)C(=O)NCc2ccc(Cl)cc2)cc1. The zero-order valence-corrected chi connectivity index (χ0v) is 14.8. The fraction of sp³-hybridized carbons (Fsp3) is 0.200. The summed E-state index contributed by atoms with van der Waals surface area (Å²) in [7, 11) is 0. The zero-order valence-electron chi connectivity index (χ0n) is 14.1. The van der Waals surface area contributed by atoms with Crippen molar-refractivity contribution in [3.05, 3.63) is 82.0 Å². The first-order chi connectivity index (χ1) is 12.1. The van der Waals surface area contributed by atoms with Gasteiger partial charge < -0.3 is 10.6 Å². The van der Waals surface area contributed by atoms with Crippen LogP contribution in [0.4, 0.5) is 0 Å². The summed E-state index contributed by atoms with van der Waals surface area (Å²) in [4.78, 5) is 12.0. The number of halogens is 1. The van der Waals surface area contributed by atoms with E-state index >= 15 is 0 Å². The molecule has 0 bridgehead atoms. The topological polar surface area (TPSA) is 64.9 Å². The Kier molecular flexibility index (Phi) is 7.06. The molecule has 25 heavy (non-hydrogen) atoms. The largest absolute Gasteiger partial charge is 0.389 e. The lowest BCUT2D eigenvalue weighted by Crippen LogP contribution is -2.25. The third-order valence-electron chi connectivity index (χ3n) is 3.66. The van der Waals surface area contributed by atoms with Crippen molar-refractivity contribution in [1.82, 2.24) is 10.6 Å². The monoisotopic (exact) mass is 353 g/mol. The van der Waals surface area contributed by atoms with Gasteiger partial charge in [0.15, 0.2) is 0 Å². The minimum Gasteiger partial charge on any atom is -0.389 e. The summed E-state index contributed by atoms with van der Waals surface area (Å²) in [5, 5.41) is 15.5. The van der Waals surface area contributed by atoms with Crippen LogP contribution >= 0.6 is 11.6 Å². The van der Waals surface area contributed by atoms with Gasteiger partial charge in [0.2, 0.25) is 0 Å². The molecule has 0 aromatic heterocycles. The summed E-state index contributed by atoms with van der Waals surface area (Å²) in [6.07, 6.45) is 2.28. The van der Waals surface area contributed by atoms with E-state index in [4.69, 9.17) is 16.9 Å². The lowest BCUT2D eigenvalue weighted by molar-refractivity contribution is -0.117. The Morgan fingerprint density at radius 2 is 1.76 bits per heavy atom. The van der Waals surface area contributed by atoms with Crippen LogP contribution in [-0.2, 0) is 17.8 Å². The fourth-order valence-electron chi connectivity index (χ4n) is 2.17. The van der Waals surface area contributed by atoms with Crippen LogP contribution in [0.1, 0.15) is 16.7 Å². The smallest absolute Gasteiger partial charge is 0.263 e. The molecule has 5 heteroatoms. The summed E-state index contributed by atoms with van der Waals surface area (Å²) < 4.78 is 0. The molecule has 2 N–H and O–H groups in total. The molecule has 0 heterocycles. The second-order valence-electron chi connectivity index (χ2n) is 5.67. The highest BCUT2D eigenvalue weighted by Gasteiger charge is 2.08. The Morgan fingerprint density at radius 3 is 2.40 bits per heavy atom. The van der Waals surface area contributed by atoms with Gasteiger partial charge in [0.25, 0.3) is 5.91 Å². The van der Waals surface area contributed by atoms with Crippen LogP contribution in [0.15, 0.2) is 60.3 Å². The van der Waals surface area contributed by atoms with Gasteiger partial charge in [0.1, 0.15) is 11.6 Å². The van der Waals surface area contributed by atoms with Crippen molar-refractivity contribution in [2.24, 2.45) is 0 Å². The Bertz CT molecular complexity index is 774. The van der Waals surface area contributed by atoms with Gasteiger partial charge in [-0.1, -0.05) is 53.6 Å². The number of aryl methyl sites for hydroxylation is 1. The number of rotatable bonds is 7. The molecule has 4 nitrogen and oxygen atoms in total. The first-order valence-corrected chi connectivity index (χ1v) is 8.38. The minimum absolute atomic E-state index is 0.0536. The Morgan fingerprint density at radius 1 is 1.12 bits per heavy atom. The predicted octanol–water partition coefficient (Wildman–Crippen LogP) is 3.50. The highest BCUT2D eigenvalue weighted by molar-refractivity contribution is 6.30. The van der Waals surface area contributed by atoms with Crippen molar-refractivity contribution >= 4 is 17.5 Å². The Balaban J connectivity index is 1.80. The lowest BCUT2D eigenvalue weighted by atomic mass is 10.1. The van der Waals surface area contributed by atoms with Crippen molar-refractivity contribution in [2.45, 2.75) is 19.9 Å². The van der Waals surface area contributed by atoms with Crippen LogP contribution in [0.2, 0.25) is 5.02 Å². The average molecular weight is 354 g/mol. The van der Waals surface area contributed by atoms with Crippen molar-refractivity contribution in [3.8, 4) is 6.07 Å². The molecule has 0 spiro atoms. The van der Waals surface area contributed by atoms with Crippen molar-refractivity contribution in [1.29, 1.82) is 5.26 Å². The second kappa shape index (κ2) is 9.51. The molecule has 0 saturated carbocycles. The summed E-state index contributed by atoms with van der Waals surface area (Å²) >= 11 is 5.82. The van der Waals surface area contributed by atoms with Gasteiger partial charge in [0, 0.05) is 24.3 Å². The molecule has 0 aliphatic rings. The molecule has 0 radical (unpaired) electrons. The molecule has 2 aromatic carbocycles. The van der Waals surface area contributed by atoms with E-state index in [1.807, 2.05) is 25.1 Å². The molecule has 2 aromatic rings. The van der Waals surface area contributed by atoms with Crippen LogP contribution in [0, 0.1) is 18.3 Å². The van der Waals surface area contributed by atoms with Gasteiger partial charge in [-0.05, 0) is 36.6 Å². The number of nitriles is 1. The lowest BCUT2D eigenvalue weighted by Gasteiger charge is -2.06. The summed E-state index contributed by atoms with van der Waals surface area (Å²) in [6, 6.07) is 17.4. The van der Waals surface area contributed by atoms with Gasteiger partial charge in [0.05, 0.1) is 0 Å². The number of carbonyl (C=O) groups excluding carboxylic acids is 1. The van der Waals surface area contributed by atoms with E-state index < -0.39 is 5.91 Å². The number of nitrogens with zero attached hydrogens (tertiary/aromatic N) is 1. The maximum Gasteiger partial charge on any atom is 0.263 e. The van der Waals surface area contributed by atoms with Crippen molar-refractivity contribution in [2.75, 3.05) is 6.54 Å². The van der Waals surface area contributed by atoms with Crippen LogP contribution in [0.5, 0.6) is 0 Å². The third kappa shape index (κ3) is 6.33. The number of hydrogen-bond donors (Lipinski definition) is 2. The standard InChI is InChI=1S/C20H20ClN3O/c1-15-2-4-16(5-3-15)10-11-23-14-18(12-22)20(25)24-13-17-6-8-19(21)9-7-17/h2-9,14,23H,10-11,13H2,1H3,(H,24,25)/b18-14-. The molecule has 128 valence electrons. The van der Waals surface area contributed by atoms with Gasteiger partial charge in [-0.15, -0.1) is 0 Å². The summed E-state index contributed by atoms with van der Waals surface area (Å²) in [5.41, 5.74) is 3.40. The molecular formula is C20H20ClN3O. The molecular weight excluding hydrogens is 334 g/mol. The number of carbonyl (C=O) groups is 1. The Labute approximate surface area is 153 Å². The number of nitrogens with one attached hydrogen (secondary N) is 2. The number of hydrogen-bond acceptors (Lipinski definition) is 3. The first kappa shape index (κ1) is 18.6. The zero-order chi connectivity index (χ0) is 18.1. The molecule has 2 rings (SSSR count). The Hall–Kier alpha value is -2.77. The summed E-state index contributed by atoms with van der Waals surface area (Å²) in [6.45, 7) is 3.05. The minimum atomic E-state index is -0.403. The third-order valence-corrected chi connectivity index (χ3v) is 3.91. The van der Waals surface area contributed by atoms with E-state index in [2.05, 4.69) is 34.9 Å². The molecule has 0 fully saturated rings. The van der Waals surface area contributed by atoms with E-state index in [0.717, 1.165) is 12.0 Å². The van der Waals surface area contributed by atoms with Gasteiger partial charge in [-0.25, -0.2) is 0 Å². The fourth-order valence-corrected chi connectivity index (χ4v) is 2.30. The molecule has 0 saturated heterocycles. The summed E-state index contributed by atoms with van der Waals surface area (Å²) in [5.74, 6) is -0.403. The van der Waals surface area contributed by atoms with E-state index in [0.29, 0.717) is 18.1 Å². The quantitative estimate of drug-likeness (QED) is 0.455. The molecule has 0 atom stereocenters. The van der Waals surface area contributed by atoms with Gasteiger partial charge in [-0.2, -0.15) is 5.26 Å². The highest BCUT2D eigenvalue weighted by atomic mass is 35.5. The highest BCUT2D eigenvalue weighted by Crippen LogP contribution is 2.09. The van der Waals surface area contributed by atoms with Crippen LogP contribution in [0.3, 0.4) is 0 Å². The van der Waals surface area contributed by atoms with E-state index in [1.54, 1.807) is 12.1 Å². The normalized spacial score (nSPS) is 10.8. The maximum atomic E-state index is 12.0. The maximum absolute atomic E-state index is 12.0. The predicted molar refractivity (Wildman–Crippen MR) is 99.9 cm³/mol. The number of benzene rings is 2. The average Bonchev–Trinajstić information content (AvgIpc) is 2.62. The van der Waals surface area contributed by atoms with E-state index in [-0.39, 0.29) is 5.57 Å². The second-order valence-corrected chi connectivity index (χ2v) is 6.11.